The Hall–Kier alpha value is -0.570. The van der Waals surface area contributed by atoms with E-state index >= 15 is 0 Å². The van der Waals surface area contributed by atoms with E-state index < -0.39 is 5.97 Å². The van der Waals surface area contributed by atoms with Gasteiger partial charge in [0.1, 0.15) is 0 Å². The monoisotopic (exact) mass is 197 g/mol. The molecule has 2 fully saturated rings. The molecule has 1 aliphatic carbocycles. The molecule has 0 aromatic carbocycles. The molecule has 0 aromatic heterocycles. The van der Waals surface area contributed by atoms with Gasteiger partial charge in [-0.1, -0.05) is 13.8 Å². The van der Waals surface area contributed by atoms with Crippen LogP contribution in [-0.4, -0.2) is 34.6 Å². The number of likely N-dealkylation sites (tertiary alicyclic amines) is 1. The lowest BCUT2D eigenvalue weighted by atomic mass is 9.91. The van der Waals surface area contributed by atoms with Gasteiger partial charge in [0, 0.05) is 12.1 Å². The lowest BCUT2D eigenvalue weighted by Crippen LogP contribution is -2.40. The normalized spacial score (nSPS) is 33.9. The van der Waals surface area contributed by atoms with Gasteiger partial charge in [-0.2, -0.15) is 0 Å². The first-order chi connectivity index (χ1) is 6.61. The fourth-order valence-corrected chi connectivity index (χ4v) is 2.79. The Morgan fingerprint density at radius 1 is 1.36 bits per heavy atom. The quantitative estimate of drug-likeness (QED) is 0.746. The van der Waals surface area contributed by atoms with Crippen molar-refractivity contribution in [2.24, 2.45) is 11.8 Å². The van der Waals surface area contributed by atoms with Gasteiger partial charge in [0.25, 0.3) is 0 Å². The molecule has 1 saturated carbocycles. The zero-order valence-electron chi connectivity index (χ0n) is 8.94. The highest BCUT2D eigenvalue weighted by molar-refractivity contribution is 5.71. The molecule has 14 heavy (non-hydrogen) atoms. The molecule has 1 aliphatic heterocycles. The molecule has 0 radical (unpaired) electrons. The number of carbonyl (C=O) groups is 1. The lowest BCUT2D eigenvalue weighted by molar-refractivity contribution is -0.143. The summed E-state index contributed by atoms with van der Waals surface area (Å²) in [6.45, 7) is 5.27. The molecular weight excluding hydrogens is 178 g/mol. The second-order valence-electron chi connectivity index (χ2n) is 4.94. The van der Waals surface area contributed by atoms with Crippen molar-refractivity contribution in [2.45, 2.75) is 45.2 Å². The molecule has 2 rings (SSSR count). The van der Waals surface area contributed by atoms with Gasteiger partial charge in [0.2, 0.25) is 0 Å². The van der Waals surface area contributed by atoms with Crippen LogP contribution in [0.4, 0.5) is 0 Å². The van der Waals surface area contributed by atoms with Crippen molar-refractivity contribution in [3.63, 3.8) is 0 Å². The largest absolute Gasteiger partial charge is 0.481 e. The molecule has 80 valence electrons. The summed E-state index contributed by atoms with van der Waals surface area (Å²) in [6, 6.07) is 0.978. The van der Waals surface area contributed by atoms with Crippen LogP contribution in [0.3, 0.4) is 0 Å². The molecule has 2 aliphatic rings. The fraction of sp³-hybridized carbons (Fsp3) is 0.909. The van der Waals surface area contributed by atoms with Crippen molar-refractivity contribution in [1.29, 1.82) is 0 Å². The van der Waals surface area contributed by atoms with Crippen molar-refractivity contribution < 1.29 is 9.90 Å². The van der Waals surface area contributed by atoms with Gasteiger partial charge < -0.3 is 5.11 Å². The van der Waals surface area contributed by atoms with E-state index in [1.807, 2.05) is 0 Å². The van der Waals surface area contributed by atoms with Crippen LogP contribution in [-0.2, 0) is 4.79 Å². The van der Waals surface area contributed by atoms with Crippen LogP contribution in [0.5, 0.6) is 0 Å². The van der Waals surface area contributed by atoms with Crippen LogP contribution in [0.15, 0.2) is 0 Å². The molecule has 0 amide bonds. The first kappa shape index (κ1) is 9.97. The molecule has 3 nitrogen and oxygen atoms in total. The molecule has 1 heterocycles. The third kappa shape index (κ3) is 1.65. The van der Waals surface area contributed by atoms with Crippen molar-refractivity contribution >= 4 is 5.97 Å². The third-order valence-electron chi connectivity index (χ3n) is 3.51. The molecule has 0 spiro atoms. The van der Waals surface area contributed by atoms with E-state index in [4.69, 9.17) is 5.11 Å². The predicted molar refractivity (Wildman–Crippen MR) is 54.1 cm³/mol. The van der Waals surface area contributed by atoms with E-state index in [0.717, 1.165) is 13.0 Å². The number of carboxylic acid groups (broad SMARTS) is 1. The Labute approximate surface area is 85.1 Å². The Kier molecular flexibility index (Phi) is 2.52. The summed E-state index contributed by atoms with van der Waals surface area (Å²) in [6.07, 6.45) is 3.39. The molecule has 0 aromatic rings. The highest BCUT2D eigenvalue weighted by Gasteiger charge is 2.45. The number of hydrogen-bond acceptors (Lipinski definition) is 2. The van der Waals surface area contributed by atoms with Gasteiger partial charge in [-0.25, -0.2) is 0 Å². The predicted octanol–water partition coefficient (Wildman–Crippen LogP) is 1.58. The number of rotatable bonds is 3. The van der Waals surface area contributed by atoms with E-state index in [2.05, 4.69) is 18.7 Å². The van der Waals surface area contributed by atoms with E-state index in [1.165, 1.54) is 12.8 Å². The summed E-state index contributed by atoms with van der Waals surface area (Å²) >= 11 is 0. The number of aliphatic carboxylic acids is 1. The highest BCUT2D eigenvalue weighted by atomic mass is 16.4. The van der Waals surface area contributed by atoms with Crippen molar-refractivity contribution in [3.8, 4) is 0 Å². The number of nitrogens with zero attached hydrogens (tertiary/aromatic N) is 1. The van der Waals surface area contributed by atoms with Gasteiger partial charge in [-0.05, 0) is 31.7 Å². The van der Waals surface area contributed by atoms with Gasteiger partial charge in [0.15, 0.2) is 0 Å². The summed E-state index contributed by atoms with van der Waals surface area (Å²) in [5.74, 6) is -0.276. The summed E-state index contributed by atoms with van der Waals surface area (Å²) < 4.78 is 0. The minimum absolute atomic E-state index is 0.129. The van der Waals surface area contributed by atoms with Gasteiger partial charge in [-0.15, -0.1) is 0 Å². The first-order valence-corrected chi connectivity index (χ1v) is 5.60. The van der Waals surface area contributed by atoms with Crippen LogP contribution in [0.1, 0.15) is 33.1 Å². The highest BCUT2D eigenvalue weighted by Crippen LogP contribution is 2.38. The zero-order valence-corrected chi connectivity index (χ0v) is 8.94. The molecule has 0 bridgehead atoms. The maximum absolute atomic E-state index is 11.1. The van der Waals surface area contributed by atoms with Gasteiger partial charge >= 0.3 is 5.97 Å². The molecule has 2 atom stereocenters. The number of carboxylic acids is 1. The summed E-state index contributed by atoms with van der Waals surface area (Å²) in [5, 5.41) is 9.13. The smallest absolute Gasteiger partial charge is 0.308 e. The molecular formula is C11H19NO2. The fourth-order valence-electron chi connectivity index (χ4n) is 2.79. The summed E-state index contributed by atoms with van der Waals surface area (Å²) in [7, 11) is 0. The average Bonchev–Trinajstić information content (AvgIpc) is 2.83. The van der Waals surface area contributed by atoms with Crippen molar-refractivity contribution in [2.75, 3.05) is 6.54 Å². The maximum Gasteiger partial charge on any atom is 0.308 e. The van der Waals surface area contributed by atoms with E-state index in [1.54, 1.807) is 0 Å². The SMILES string of the molecule is CC(C)C1C(C(=O)O)CCN1C1CC1. The number of hydrogen-bond donors (Lipinski definition) is 1. The standard InChI is InChI=1S/C11H19NO2/c1-7(2)10-9(11(13)14)5-6-12(10)8-3-4-8/h7-10H,3-6H2,1-2H3,(H,13,14). The maximum atomic E-state index is 11.1. The van der Waals surface area contributed by atoms with E-state index in [0.29, 0.717) is 12.0 Å². The first-order valence-electron chi connectivity index (χ1n) is 5.60. The summed E-state index contributed by atoms with van der Waals surface area (Å²) in [4.78, 5) is 13.5. The van der Waals surface area contributed by atoms with Crippen LogP contribution >= 0.6 is 0 Å². The molecule has 2 unspecified atom stereocenters. The topological polar surface area (TPSA) is 40.5 Å². The van der Waals surface area contributed by atoms with Gasteiger partial charge in [0.05, 0.1) is 5.92 Å². The Balaban J connectivity index is 2.10. The van der Waals surface area contributed by atoms with E-state index in [-0.39, 0.29) is 12.0 Å². The van der Waals surface area contributed by atoms with Crippen LogP contribution in [0.2, 0.25) is 0 Å². The molecule has 1 N–H and O–H groups in total. The molecule has 1 saturated heterocycles. The molecule has 3 heteroatoms. The second kappa shape index (κ2) is 3.54. The lowest BCUT2D eigenvalue weighted by Gasteiger charge is -2.29. The van der Waals surface area contributed by atoms with Crippen molar-refractivity contribution in [3.05, 3.63) is 0 Å². The third-order valence-corrected chi connectivity index (χ3v) is 3.51. The van der Waals surface area contributed by atoms with Crippen LogP contribution < -0.4 is 0 Å². The van der Waals surface area contributed by atoms with Gasteiger partial charge in [-0.3, -0.25) is 9.69 Å². The zero-order chi connectivity index (χ0) is 10.3. The van der Waals surface area contributed by atoms with Crippen LogP contribution in [0, 0.1) is 11.8 Å². The Morgan fingerprint density at radius 2 is 2.00 bits per heavy atom. The average molecular weight is 197 g/mol. The summed E-state index contributed by atoms with van der Waals surface area (Å²) in [5.41, 5.74) is 0. The van der Waals surface area contributed by atoms with Crippen molar-refractivity contribution in [1.82, 2.24) is 4.90 Å². The van der Waals surface area contributed by atoms with E-state index in [9.17, 15) is 4.79 Å². The Morgan fingerprint density at radius 3 is 2.43 bits per heavy atom. The minimum atomic E-state index is -0.605. The van der Waals surface area contributed by atoms with Crippen LogP contribution in [0.25, 0.3) is 0 Å². The minimum Gasteiger partial charge on any atom is -0.481 e. The second-order valence-corrected chi connectivity index (χ2v) is 4.94. The Bertz CT molecular complexity index is 235.